The van der Waals surface area contributed by atoms with Gasteiger partial charge in [-0.25, -0.2) is 0 Å². The summed E-state index contributed by atoms with van der Waals surface area (Å²) in [5.74, 6) is 0. The lowest BCUT2D eigenvalue weighted by molar-refractivity contribution is 0.669. The quantitative estimate of drug-likeness (QED) is 0.160. The van der Waals surface area contributed by atoms with Crippen molar-refractivity contribution in [3.05, 3.63) is 212 Å². The summed E-state index contributed by atoms with van der Waals surface area (Å²) in [6.45, 7) is 0. The van der Waals surface area contributed by atoms with Crippen LogP contribution >= 0.6 is 0 Å². The van der Waals surface area contributed by atoms with Crippen molar-refractivity contribution in [3.8, 4) is 33.4 Å². The minimum absolute atomic E-state index is 0.865. The molecule has 0 aliphatic rings. The number of hydrogen-bond acceptors (Lipinski definition) is 2. The molecule has 0 atom stereocenters. The molecule has 0 radical (unpaired) electrons. The molecule has 10 aromatic carbocycles. The zero-order chi connectivity index (χ0) is 37.0. The molecule has 2 nitrogen and oxygen atoms in total. The number of furan rings is 1. The first-order valence-electron chi connectivity index (χ1n) is 19.2. The zero-order valence-electron chi connectivity index (χ0n) is 30.6. The Balaban J connectivity index is 1.06. The summed E-state index contributed by atoms with van der Waals surface area (Å²) in [7, 11) is 0. The number of benzene rings is 10. The van der Waals surface area contributed by atoms with Crippen LogP contribution in [-0.2, 0) is 0 Å². The van der Waals surface area contributed by atoms with Crippen LogP contribution in [0.4, 0.5) is 17.1 Å². The molecule has 2 heteroatoms. The summed E-state index contributed by atoms with van der Waals surface area (Å²) in [4.78, 5) is 2.35. The van der Waals surface area contributed by atoms with E-state index in [0.29, 0.717) is 0 Å². The molecule has 0 saturated carbocycles. The maximum absolute atomic E-state index is 6.60. The molecule has 1 heterocycles. The van der Waals surface area contributed by atoms with E-state index in [9.17, 15) is 0 Å². The van der Waals surface area contributed by atoms with Gasteiger partial charge in [-0.05, 0) is 126 Å². The van der Waals surface area contributed by atoms with Crippen molar-refractivity contribution in [2.45, 2.75) is 0 Å². The van der Waals surface area contributed by atoms with Crippen molar-refractivity contribution < 1.29 is 4.42 Å². The molecule has 0 N–H and O–H groups in total. The number of hydrogen-bond donors (Lipinski definition) is 0. The average molecular weight is 714 g/mol. The molecule has 0 saturated heterocycles. The van der Waals surface area contributed by atoms with Crippen LogP contribution < -0.4 is 4.90 Å². The Morgan fingerprint density at radius 2 is 0.839 bits per heavy atom. The van der Waals surface area contributed by atoms with Gasteiger partial charge in [0.1, 0.15) is 11.2 Å². The van der Waals surface area contributed by atoms with Gasteiger partial charge in [0.05, 0.1) is 0 Å². The summed E-state index contributed by atoms with van der Waals surface area (Å²) in [6.07, 6.45) is 0. The van der Waals surface area contributed by atoms with Crippen molar-refractivity contribution in [3.63, 3.8) is 0 Å². The number of anilines is 3. The van der Waals surface area contributed by atoms with Gasteiger partial charge in [0.15, 0.2) is 0 Å². The summed E-state index contributed by atoms with van der Waals surface area (Å²) >= 11 is 0. The van der Waals surface area contributed by atoms with Crippen molar-refractivity contribution >= 4 is 71.3 Å². The van der Waals surface area contributed by atoms with Crippen LogP contribution in [-0.4, -0.2) is 0 Å². The van der Waals surface area contributed by atoms with Crippen LogP contribution in [0.5, 0.6) is 0 Å². The van der Waals surface area contributed by atoms with Gasteiger partial charge in [0.25, 0.3) is 0 Å². The minimum atomic E-state index is 0.865. The molecule has 0 unspecified atom stereocenters. The van der Waals surface area contributed by atoms with E-state index >= 15 is 0 Å². The third-order valence-electron chi connectivity index (χ3n) is 11.2. The molecule has 11 rings (SSSR count). The maximum atomic E-state index is 6.60. The van der Waals surface area contributed by atoms with Crippen LogP contribution in [0.1, 0.15) is 0 Å². The molecule has 11 aromatic rings. The molecule has 0 aliphatic heterocycles. The van der Waals surface area contributed by atoms with Crippen molar-refractivity contribution in [1.29, 1.82) is 0 Å². The van der Waals surface area contributed by atoms with Gasteiger partial charge in [-0.15, -0.1) is 0 Å². The normalized spacial score (nSPS) is 11.6. The lowest BCUT2D eigenvalue weighted by Crippen LogP contribution is -2.10. The first-order valence-corrected chi connectivity index (χ1v) is 19.2. The van der Waals surface area contributed by atoms with E-state index in [4.69, 9.17) is 4.42 Å². The Morgan fingerprint density at radius 3 is 1.64 bits per heavy atom. The van der Waals surface area contributed by atoms with Crippen molar-refractivity contribution in [2.24, 2.45) is 0 Å². The molecule has 0 aliphatic carbocycles. The second kappa shape index (κ2) is 13.2. The van der Waals surface area contributed by atoms with Crippen LogP contribution in [0.3, 0.4) is 0 Å². The summed E-state index contributed by atoms with van der Waals surface area (Å²) in [6, 6.07) is 76.5. The van der Waals surface area contributed by atoms with Gasteiger partial charge in [-0.3, -0.25) is 0 Å². The molecule has 0 spiro atoms. The second-order valence-corrected chi connectivity index (χ2v) is 14.5. The van der Waals surface area contributed by atoms with E-state index in [1.807, 2.05) is 0 Å². The predicted molar refractivity (Wildman–Crippen MR) is 237 cm³/mol. The Labute approximate surface area is 325 Å². The molecule has 1 aromatic heterocycles. The monoisotopic (exact) mass is 713 g/mol. The average Bonchev–Trinajstić information content (AvgIpc) is 3.62. The zero-order valence-corrected chi connectivity index (χ0v) is 30.6. The van der Waals surface area contributed by atoms with Gasteiger partial charge in [0.2, 0.25) is 0 Å². The van der Waals surface area contributed by atoms with Gasteiger partial charge < -0.3 is 9.32 Å². The van der Waals surface area contributed by atoms with Gasteiger partial charge >= 0.3 is 0 Å². The maximum Gasteiger partial charge on any atom is 0.137 e. The third-order valence-corrected chi connectivity index (χ3v) is 11.2. The minimum Gasteiger partial charge on any atom is -0.456 e. The predicted octanol–water partition coefficient (Wildman–Crippen LogP) is 15.5. The molecule has 0 fully saturated rings. The van der Waals surface area contributed by atoms with Crippen LogP contribution in [0, 0.1) is 0 Å². The molecule has 0 bridgehead atoms. The van der Waals surface area contributed by atoms with Gasteiger partial charge in [-0.1, -0.05) is 146 Å². The van der Waals surface area contributed by atoms with Gasteiger partial charge in [-0.2, -0.15) is 0 Å². The van der Waals surface area contributed by atoms with Crippen molar-refractivity contribution in [1.82, 2.24) is 0 Å². The third kappa shape index (κ3) is 5.51. The fourth-order valence-electron chi connectivity index (χ4n) is 8.45. The van der Waals surface area contributed by atoms with E-state index in [-0.39, 0.29) is 0 Å². The van der Waals surface area contributed by atoms with Crippen LogP contribution in [0.25, 0.3) is 87.6 Å². The molecule has 0 amide bonds. The van der Waals surface area contributed by atoms with E-state index in [1.165, 1.54) is 65.7 Å². The smallest absolute Gasteiger partial charge is 0.137 e. The number of fused-ring (bicyclic) bond motifs is 7. The fraction of sp³-hybridized carbons (Fsp3) is 0. The molecule has 262 valence electrons. The lowest BCUT2D eigenvalue weighted by atomic mass is 9.93. The summed E-state index contributed by atoms with van der Waals surface area (Å²) in [5.41, 5.74) is 12.1. The Bertz CT molecular complexity index is 3250. The summed E-state index contributed by atoms with van der Waals surface area (Å²) in [5, 5.41) is 9.63. The highest BCUT2D eigenvalue weighted by atomic mass is 16.3. The largest absolute Gasteiger partial charge is 0.456 e. The molecular weight excluding hydrogens is 679 g/mol. The first-order chi connectivity index (χ1) is 27.7. The molecular formula is C54H35NO. The molecule has 56 heavy (non-hydrogen) atoms. The standard InChI is InChI=1S/C54H35NO/c1-2-12-36(13-3-1)38-17-10-18-39(30-38)37-24-26-44(27-25-37)55(46-28-29-50-52-32-40-14-4-5-15-41(40)34-53(52)56-54(50)35-46)45-20-11-19-42(31-45)51-33-43-16-6-7-21-47(43)48-22-8-9-23-49(48)51/h1-35H. The van der Waals surface area contributed by atoms with Crippen molar-refractivity contribution in [2.75, 3.05) is 4.90 Å². The highest BCUT2D eigenvalue weighted by Gasteiger charge is 2.18. The summed E-state index contributed by atoms with van der Waals surface area (Å²) < 4.78 is 6.60. The highest BCUT2D eigenvalue weighted by molar-refractivity contribution is 6.14. The van der Waals surface area contributed by atoms with E-state index in [2.05, 4.69) is 217 Å². The topological polar surface area (TPSA) is 16.4 Å². The Kier molecular flexibility index (Phi) is 7.53. The van der Waals surface area contributed by atoms with Crippen LogP contribution in [0.2, 0.25) is 0 Å². The lowest BCUT2D eigenvalue weighted by Gasteiger charge is -2.26. The number of rotatable bonds is 6. The van der Waals surface area contributed by atoms with E-state index in [0.717, 1.165) is 39.0 Å². The second-order valence-electron chi connectivity index (χ2n) is 14.5. The Morgan fingerprint density at radius 1 is 0.268 bits per heavy atom. The van der Waals surface area contributed by atoms with E-state index in [1.54, 1.807) is 0 Å². The first kappa shape index (κ1) is 32.0. The number of nitrogens with zero attached hydrogens (tertiary/aromatic N) is 1. The highest BCUT2D eigenvalue weighted by Crippen LogP contribution is 2.42. The van der Waals surface area contributed by atoms with E-state index < -0.39 is 0 Å². The van der Waals surface area contributed by atoms with Gasteiger partial charge in [0, 0.05) is 33.9 Å². The fourth-order valence-corrected chi connectivity index (χ4v) is 8.45. The van der Waals surface area contributed by atoms with Crippen LogP contribution in [0.15, 0.2) is 217 Å². The Hall–Kier alpha value is -7.42. The SMILES string of the molecule is c1ccc(-c2cccc(-c3ccc(N(c4cccc(-c5cc6ccccc6c6ccccc56)c4)c4ccc5c(c4)oc4cc6ccccc6cc45)cc3)c2)cc1.